The highest BCUT2D eigenvalue weighted by Gasteiger charge is 2.28. The first-order valence-corrected chi connectivity index (χ1v) is 8.79. The minimum absolute atomic E-state index is 0.292. The first-order valence-electron chi connectivity index (χ1n) is 8.79. The predicted molar refractivity (Wildman–Crippen MR) is 104 cm³/mol. The summed E-state index contributed by atoms with van der Waals surface area (Å²) in [6.45, 7) is 15.7. The number of benzene rings is 1. The van der Waals surface area contributed by atoms with E-state index in [-0.39, 0.29) is 12.0 Å². The van der Waals surface area contributed by atoms with Crippen molar-refractivity contribution in [2.24, 2.45) is 4.99 Å². The predicted octanol–water partition coefficient (Wildman–Crippen LogP) is 5.27. The molecule has 0 aliphatic carbocycles. The number of ether oxygens (including phenoxy) is 1. The maximum Gasteiger partial charge on any atom is 0.338 e. The minimum Gasteiger partial charge on any atom is -0.466 e. The highest BCUT2D eigenvalue weighted by atomic mass is 16.5. The van der Waals surface area contributed by atoms with Gasteiger partial charge in [0.2, 0.25) is 0 Å². The summed E-state index contributed by atoms with van der Waals surface area (Å²) in [7, 11) is 1.38. The third kappa shape index (κ3) is 6.99. The number of hydrogen-bond donors (Lipinski definition) is 1. The highest BCUT2D eigenvalue weighted by Crippen LogP contribution is 2.30. The van der Waals surface area contributed by atoms with Crippen LogP contribution in [0.3, 0.4) is 0 Å². The Balaban J connectivity index is 0. The van der Waals surface area contributed by atoms with Gasteiger partial charge in [0.1, 0.15) is 6.04 Å². The fourth-order valence-electron chi connectivity index (χ4n) is 2.09. The minimum atomic E-state index is -0.342. The number of hydrogen-bond acceptors (Lipinski definition) is 4. The molecule has 0 radical (unpaired) electrons. The molecule has 0 saturated carbocycles. The molecule has 1 N–H and O–H groups in total. The summed E-state index contributed by atoms with van der Waals surface area (Å²) >= 11 is 0. The molecule has 136 valence electrons. The Morgan fingerprint density at radius 2 is 1.50 bits per heavy atom. The van der Waals surface area contributed by atoms with E-state index in [0.717, 1.165) is 17.1 Å². The second-order valence-electron chi connectivity index (χ2n) is 4.18. The fraction of sp³-hybridized carbons (Fsp3) is 0.500. The molecular formula is C20H34N2O2. The normalized spacial score (nSPS) is 15.0. The molecule has 1 aliphatic rings. The molecule has 1 aromatic rings. The molecule has 1 heterocycles. The number of rotatable bonds is 2. The van der Waals surface area contributed by atoms with E-state index >= 15 is 0 Å². The van der Waals surface area contributed by atoms with Crippen molar-refractivity contribution in [3.8, 4) is 0 Å². The van der Waals surface area contributed by atoms with Gasteiger partial charge in [0.15, 0.2) is 0 Å². The van der Waals surface area contributed by atoms with E-state index in [1.165, 1.54) is 7.11 Å². The van der Waals surface area contributed by atoms with Crippen molar-refractivity contribution in [1.82, 2.24) is 5.32 Å². The SMILES string of the molecule is CC.CC.CC.COC(=O)C1=C(C)NC(C)=NC1c1ccccc1. The number of methoxy groups -OCH3 is 1. The molecule has 0 saturated heterocycles. The summed E-state index contributed by atoms with van der Waals surface area (Å²) in [4.78, 5) is 16.4. The van der Waals surface area contributed by atoms with Crippen LogP contribution in [0, 0.1) is 0 Å². The molecule has 1 aromatic carbocycles. The number of allylic oxidation sites excluding steroid dienone is 1. The van der Waals surface area contributed by atoms with Crippen molar-refractivity contribution in [3.05, 3.63) is 47.2 Å². The van der Waals surface area contributed by atoms with E-state index in [9.17, 15) is 4.79 Å². The Kier molecular flexibility index (Phi) is 14.6. The molecular weight excluding hydrogens is 300 g/mol. The third-order valence-corrected chi connectivity index (χ3v) is 2.89. The molecule has 0 bridgehead atoms. The zero-order valence-electron chi connectivity index (χ0n) is 16.7. The topological polar surface area (TPSA) is 50.7 Å². The Bertz CT molecular complexity index is 520. The van der Waals surface area contributed by atoms with Gasteiger partial charge in [0, 0.05) is 5.70 Å². The van der Waals surface area contributed by atoms with Gasteiger partial charge in [-0.2, -0.15) is 0 Å². The molecule has 0 spiro atoms. The number of nitrogens with zero attached hydrogens (tertiary/aromatic N) is 1. The summed E-state index contributed by atoms with van der Waals surface area (Å²) in [5.41, 5.74) is 2.34. The smallest absolute Gasteiger partial charge is 0.338 e. The second kappa shape index (κ2) is 14.5. The fourth-order valence-corrected chi connectivity index (χ4v) is 2.09. The quantitative estimate of drug-likeness (QED) is 0.749. The van der Waals surface area contributed by atoms with Crippen molar-refractivity contribution in [1.29, 1.82) is 0 Å². The van der Waals surface area contributed by atoms with Crippen LogP contribution in [-0.2, 0) is 9.53 Å². The van der Waals surface area contributed by atoms with Crippen molar-refractivity contribution in [2.75, 3.05) is 7.11 Å². The lowest BCUT2D eigenvalue weighted by atomic mass is 9.96. The maximum atomic E-state index is 11.9. The van der Waals surface area contributed by atoms with Crippen LogP contribution in [0.15, 0.2) is 46.6 Å². The van der Waals surface area contributed by atoms with Gasteiger partial charge in [-0.15, -0.1) is 0 Å². The maximum absolute atomic E-state index is 11.9. The molecule has 0 aromatic heterocycles. The van der Waals surface area contributed by atoms with Crippen molar-refractivity contribution < 1.29 is 9.53 Å². The summed E-state index contributed by atoms with van der Waals surface area (Å²) in [6.07, 6.45) is 0. The lowest BCUT2D eigenvalue weighted by molar-refractivity contribution is -0.136. The Morgan fingerprint density at radius 3 is 1.96 bits per heavy atom. The molecule has 2 rings (SSSR count). The Labute approximate surface area is 148 Å². The van der Waals surface area contributed by atoms with Gasteiger partial charge in [0.25, 0.3) is 0 Å². The molecule has 24 heavy (non-hydrogen) atoms. The Hall–Kier alpha value is -2.10. The summed E-state index contributed by atoms with van der Waals surface area (Å²) in [5, 5.41) is 3.07. The molecule has 4 heteroatoms. The van der Waals surface area contributed by atoms with Gasteiger partial charge in [0.05, 0.1) is 18.5 Å². The van der Waals surface area contributed by atoms with Crippen LogP contribution in [0.5, 0.6) is 0 Å². The van der Waals surface area contributed by atoms with E-state index in [2.05, 4.69) is 10.3 Å². The van der Waals surface area contributed by atoms with Gasteiger partial charge in [-0.25, -0.2) is 4.79 Å². The average Bonchev–Trinajstić information content (AvgIpc) is 2.66. The number of aliphatic imine (C=N–C) groups is 1. The van der Waals surface area contributed by atoms with Crippen molar-refractivity contribution in [3.63, 3.8) is 0 Å². The summed E-state index contributed by atoms with van der Waals surface area (Å²) in [5.74, 6) is 0.458. The van der Waals surface area contributed by atoms with Gasteiger partial charge >= 0.3 is 5.97 Å². The van der Waals surface area contributed by atoms with Crippen LogP contribution in [0.4, 0.5) is 0 Å². The highest BCUT2D eigenvalue weighted by molar-refractivity contribution is 5.95. The van der Waals surface area contributed by atoms with Gasteiger partial charge in [-0.1, -0.05) is 71.9 Å². The van der Waals surface area contributed by atoms with Crippen LogP contribution < -0.4 is 5.32 Å². The molecule has 0 amide bonds. The molecule has 1 atom stereocenters. The summed E-state index contributed by atoms with van der Waals surface area (Å²) in [6, 6.07) is 9.44. The summed E-state index contributed by atoms with van der Waals surface area (Å²) < 4.78 is 4.84. The molecule has 1 unspecified atom stereocenters. The molecule has 1 aliphatic heterocycles. The molecule has 4 nitrogen and oxygen atoms in total. The Morgan fingerprint density at radius 1 is 1.00 bits per heavy atom. The van der Waals surface area contributed by atoms with E-state index in [4.69, 9.17) is 4.74 Å². The number of carbonyl (C=O) groups is 1. The lowest BCUT2D eigenvalue weighted by Crippen LogP contribution is -2.30. The van der Waals surface area contributed by atoms with Crippen LogP contribution in [0.2, 0.25) is 0 Å². The van der Waals surface area contributed by atoms with Crippen LogP contribution in [-0.4, -0.2) is 18.9 Å². The van der Waals surface area contributed by atoms with Gasteiger partial charge in [-0.3, -0.25) is 4.99 Å². The zero-order valence-corrected chi connectivity index (χ0v) is 16.7. The van der Waals surface area contributed by atoms with Crippen LogP contribution in [0.1, 0.15) is 67.0 Å². The number of carbonyl (C=O) groups excluding carboxylic acids is 1. The van der Waals surface area contributed by atoms with E-state index in [1.807, 2.05) is 85.7 Å². The van der Waals surface area contributed by atoms with Crippen LogP contribution in [0.25, 0.3) is 0 Å². The third-order valence-electron chi connectivity index (χ3n) is 2.89. The first-order chi connectivity index (χ1) is 11.6. The number of amidine groups is 1. The first kappa shape index (κ1) is 24.2. The van der Waals surface area contributed by atoms with Gasteiger partial charge in [-0.05, 0) is 19.4 Å². The average molecular weight is 335 g/mol. The second-order valence-corrected chi connectivity index (χ2v) is 4.18. The monoisotopic (exact) mass is 334 g/mol. The molecule has 0 fully saturated rings. The van der Waals surface area contributed by atoms with Crippen molar-refractivity contribution in [2.45, 2.75) is 61.4 Å². The van der Waals surface area contributed by atoms with Crippen molar-refractivity contribution >= 4 is 11.8 Å². The zero-order chi connectivity index (χ0) is 19.1. The van der Waals surface area contributed by atoms with E-state index in [1.54, 1.807) is 0 Å². The largest absolute Gasteiger partial charge is 0.466 e. The lowest BCUT2D eigenvalue weighted by Gasteiger charge is -2.24. The standard InChI is InChI=1S/C14H16N2O2.3C2H6/c1-9-12(14(17)18-3)13(16-10(2)15-9)11-7-5-4-6-8-11;3*1-2/h4-8,13H,1-3H3,(H,15,16);3*1-2H3. The van der Waals surface area contributed by atoms with E-state index in [0.29, 0.717) is 5.57 Å². The number of esters is 1. The van der Waals surface area contributed by atoms with Crippen LogP contribution >= 0.6 is 0 Å². The number of nitrogens with one attached hydrogen (secondary N) is 1. The van der Waals surface area contributed by atoms with E-state index < -0.39 is 0 Å². The van der Waals surface area contributed by atoms with Gasteiger partial charge < -0.3 is 10.1 Å².